The predicted molar refractivity (Wildman–Crippen MR) is 125 cm³/mol. The third-order valence-electron chi connectivity index (χ3n) is 4.82. The molecule has 3 N–H and O–H groups in total. The van der Waals surface area contributed by atoms with E-state index in [4.69, 9.17) is 5.73 Å². The molecule has 1 atom stereocenters. The molecule has 2 heterocycles. The van der Waals surface area contributed by atoms with Crippen LogP contribution in [0.4, 0.5) is 0 Å². The van der Waals surface area contributed by atoms with Crippen molar-refractivity contribution in [2.24, 2.45) is 5.73 Å². The summed E-state index contributed by atoms with van der Waals surface area (Å²) in [6, 6.07) is 11.0. The Morgan fingerprint density at radius 1 is 1.29 bits per heavy atom. The average Bonchev–Trinajstić information content (AvgIpc) is 3.09. The van der Waals surface area contributed by atoms with E-state index in [0.29, 0.717) is 6.54 Å². The number of carbonyl (C=O) groups is 1. The van der Waals surface area contributed by atoms with Crippen LogP contribution in [0.1, 0.15) is 35.9 Å². The van der Waals surface area contributed by atoms with Gasteiger partial charge in [0.1, 0.15) is 0 Å². The second-order valence-electron chi connectivity index (χ2n) is 7.31. The van der Waals surface area contributed by atoms with Gasteiger partial charge in [0.05, 0.1) is 11.6 Å². The first-order valence-electron chi connectivity index (χ1n) is 8.89. The molecule has 28 heavy (non-hydrogen) atoms. The van der Waals surface area contributed by atoms with Crippen molar-refractivity contribution in [2.45, 2.75) is 43.3 Å². The summed E-state index contributed by atoms with van der Waals surface area (Å²) in [6.07, 6.45) is 3.15. The number of thioether (sulfide) groups is 1. The quantitative estimate of drug-likeness (QED) is 0.630. The van der Waals surface area contributed by atoms with E-state index in [1.165, 1.54) is 20.9 Å². The van der Waals surface area contributed by atoms with Gasteiger partial charge in [0.25, 0.3) is 0 Å². The van der Waals surface area contributed by atoms with Crippen LogP contribution >= 0.6 is 47.9 Å². The Morgan fingerprint density at radius 3 is 2.57 bits per heavy atom. The van der Waals surface area contributed by atoms with Crippen molar-refractivity contribution >= 4 is 53.8 Å². The lowest BCUT2D eigenvalue weighted by Gasteiger charge is -2.35. The van der Waals surface area contributed by atoms with Gasteiger partial charge in [0, 0.05) is 29.4 Å². The van der Waals surface area contributed by atoms with Crippen LogP contribution in [0.5, 0.6) is 0 Å². The molecule has 0 saturated heterocycles. The Bertz CT molecular complexity index is 760. The maximum absolute atomic E-state index is 12.3. The van der Waals surface area contributed by atoms with E-state index >= 15 is 0 Å². The lowest BCUT2D eigenvalue weighted by Crippen LogP contribution is -2.51. The van der Waals surface area contributed by atoms with Crippen LogP contribution in [-0.2, 0) is 17.8 Å². The fourth-order valence-electron chi connectivity index (χ4n) is 3.24. The second kappa shape index (κ2) is 10.9. The molecule has 0 fully saturated rings. The first-order valence-corrected chi connectivity index (χ1v) is 11.0. The van der Waals surface area contributed by atoms with Crippen LogP contribution in [0.15, 0.2) is 40.6 Å². The highest BCUT2D eigenvalue weighted by molar-refractivity contribution is 7.98. The van der Waals surface area contributed by atoms with E-state index in [9.17, 15) is 4.79 Å². The lowest BCUT2D eigenvalue weighted by atomic mass is 10.00. The molecular weight excluding hydrogens is 433 g/mol. The minimum atomic E-state index is -0.865. The highest BCUT2D eigenvalue weighted by Crippen LogP contribution is 2.31. The fourth-order valence-corrected chi connectivity index (χ4v) is 4.54. The van der Waals surface area contributed by atoms with Crippen LogP contribution in [0.2, 0.25) is 0 Å². The number of hydrogen-bond donors (Lipinski definition) is 2. The fraction of sp³-hybridized carbons (Fsp3) is 0.450. The van der Waals surface area contributed by atoms with Gasteiger partial charge in [0.2, 0.25) is 5.91 Å². The first-order chi connectivity index (χ1) is 12.4. The van der Waals surface area contributed by atoms with E-state index in [1.807, 2.05) is 11.3 Å². The van der Waals surface area contributed by atoms with Crippen LogP contribution in [0, 0.1) is 0 Å². The summed E-state index contributed by atoms with van der Waals surface area (Å²) < 4.78 is 0. The summed E-state index contributed by atoms with van der Waals surface area (Å²) in [7, 11) is 0. The maximum Gasteiger partial charge on any atom is 0.239 e. The highest BCUT2D eigenvalue weighted by Gasteiger charge is 2.28. The van der Waals surface area contributed by atoms with E-state index in [-0.39, 0.29) is 36.8 Å². The molecule has 8 heteroatoms. The monoisotopic (exact) mass is 461 g/mol. The van der Waals surface area contributed by atoms with Gasteiger partial charge >= 0.3 is 0 Å². The van der Waals surface area contributed by atoms with Gasteiger partial charge in [-0.05, 0) is 61.2 Å². The Hall–Kier alpha value is -0.760. The number of carbonyl (C=O) groups excluding carboxylic acids is 1. The SMILES string of the molecule is CSc1ccc(C(CNC(=O)C(C)(C)N)N2CCc3sccc3C2)cc1.Cl.Cl. The molecule has 1 aliphatic heterocycles. The molecule has 0 spiro atoms. The third-order valence-corrected chi connectivity index (χ3v) is 6.59. The molecular formula is C20H29Cl2N3OS2. The molecule has 0 bridgehead atoms. The number of amides is 1. The van der Waals surface area contributed by atoms with Crippen molar-refractivity contribution in [1.82, 2.24) is 10.2 Å². The first kappa shape index (κ1) is 25.3. The number of fused-ring (bicyclic) bond motifs is 1. The minimum Gasteiger partial charge on any atom is -0.353 e. The molecule has 0 aliphatic carbocycles. The summed E-state index contributed by atoms with van der Waals surface area (Å²) in [4.78, 5) is 17.5. The molecule has 1 aromatic carbocycles. The molecule has 0 radical (unpaired) electrons. The van der Waals surface area contributed by atoms with Gasteiger partial charge in [-0.25, -0.2) is 0 Å². The number of rotatable bonds is 6. The van der Waals surface area contributed by atoms with Crippen molar-refractivity contribution in [3.63, 3.8) is 0 Å². The lowest BCUT2D eigenvalue weighted by molar-refractivity contribution is -0.125. The molecule has 0 saturated carbocycles. The topological polar surface area (TPSA) is 58.4 Å². The number of nitrogens with two attached hydrogens (primary N) is 1. The number of benzene rings is 1. The van der Waals surface area contributed by atoms with Crippen molar-refractivity contribution in [3.8, 4) is 0 Å². The largest absolute Gasteiger partial charge is 0.353 e. The second-order valence-corrected chi connectivity index (χ2v) is 9.19. The van der Waals surface area contributed by atoms with Crippen molar-refractivity contribution in [2.75, 3.05) is 19.3 Å². The summed E-state index contributed by atoms with van der Waals surface area (Å²) in [6.45, 7) is 5.98. The number of halogens is 2. The number of thiophene rings is 1. The van der Waals surface area contributed by atoms with Gasteiger partial charge in [-0.3, -0.25) is 9.69 Å². The summed E-state index contributed by atoms with van der Waals surface area (Å²) in [5.41, 5.74) is 7.72. The molecule has 3 rings (SSSR count). The molecule has 1 aromatic heterocycles. The molecule has 2 aromatic rings. The van der Waals surface area contributed by atoms with Crippen molar-refractivity contribution in [3.05, 3.63) is 51.7 Å². The zero-order chi connectivity index (χ0) is 18.7. The smallest absolute Gasteiger partial charge is 0.239 e. The molecule has 156 valence electrons. The van der Waals surface area contributed by atoms with E-state index in [2.05, 4.69) is 52.2 Å². The normalized spacial score (nSPS) is 15.0. The van der Waals surface area contributed by atoms with Crippen molar-refractivity contribution < 1.29 is 4.79 Å². The molecule has 4 nitrogen and oxygen atoms in total. The third kappa shape index (κ3) is 6.12. The van der Waals surface area contributed by atoms with E-state index < -0.39 is 5.54 Å². The molecule has 1 aliphatic rings. The van der Waals surface area contributed by atoms with Gasteiger partial charge in [-0.1, -0.05) is 12.1 Å². The number of nitrogens with one attached hydrogen (secondary N) is 1. The summed E-state index contributed by atoms with van der Waals surface area (Å²) in [5, 5.41) is 5.23. The predicted octanol–water partition coefficient (Wildman–Crippen LogP) is 4.27. The zero-order valence-electron chi connectivity index (χ0n) is 16.4. The summed E-state index contributed by atoms with van der Waals surface area (Å²) >= 11 is 3.59. The van der Waals surface area contributed by atoms with Crippen LogP contribution in [0.3, 0.4) is 0 Å². The average molecular weight is 463 g/mol. The summed E-state index contributed by atoms with van der Waals surface area (Å²) in [5.74, 6) is -0.114. The Labute approximate surface area is 188 Å². The van der Waals surface area contributed by atoms with Gasteiger partial charge < -0.3 is 11.1 Å². The number of nitrogens with zero attached hydrogens (tertiary/aromatic N) is 1. The minimum absolute atomic E-state index is 0. The van der Waals surface area contributed by atoms with Gasteiger partial charge in [-0.2, -0.15) is 0 Å². The van der Waals surface area contributed by atoms with Gasteiger partial charge in [0.15, 0.2) is 0 Å². The Morgan fingerprint density at radius 2 is 1.96 bits per heavy atom. The highest BCUT2D eigenvalue weighted by atomic mass is 35.5. The zero-order valence-corrected chi connectivity index (χ0v) is 19.7. The van der Waals surface area contributed by atoms with Gasteiger partial charge in [-0.15, -0.1) is 47.9 Å². The number of hydrogen-bond acceptors (Lipinski definition) is 5. The van der Waals surface area contributed by atoms with E-state index in [1.54, 1.807) is 25.6 Å². The Balaban J connectivity index is 0.00000196. The van der Waals surface area contributed by atoms with Crippen LogP contribution in [-0.4, -0.2) is 35.7 Å². The van der Waals surface area contributed by atoms with Crippen LogP contribution < -0.4 is 11.1 Å². The molecule has 1 amide bonds. The maximum atomic E-state index is 12.3. The standard InChI is InChI=1S/C20H27N3OS2.2ClH/c1-20(2,21)19(24)22-12-17(14-4-6-16(25-3)7-5-14)23-10-8-18-15(13-23)9-11-26-18;;/h4-7,9,11,17H,8,10,12-13,21H2,1-3H3,(H,22,24);2*1H. The molecule has 1 unspecified atom stereocenters. The van der Waals surface area contributed by atoms with Crippen LogP contribution in [0.25, 0.3) is 0 Å². The van der Waals surface area contributed by atoms with E-state index in [0.717, 1.165) is 19.5 Å². The van der Waals surface area contributed by atoms with Crippen molar-refractivity contribution in [1.29, 1.82) is 0 Å². The Kier molecular flexibility index (Phi) is 9.80.